The summed E-state index contributed by atoms with van der Waals surface area (Å²) in [6, 6.07) is 5.74. The fraction of sp³-hybridized carbons (Fsp3) is 0.444. The number of hydrogen-bond donors (Lipinski definition) is 0. The lowest BCUT2D eigenvalue weighted by atomic mass is 10.2. The van der Waals surface area contributed by atoms with Crippen molar-refractivity contribution >= 4 is 11.6 Å². The Kier molecular flexibility index (Phi) is 3.16. The fourth-order valence-corrected chi connectivity index (χ4v) is 3.56. The Hall–Kier alpha value is -2.70. The Balaban J connectivity index is 1.45. The van der Waals surface area contributed by atoms with Crippen LogP contribution >= 0.6 is 0 Å². The molecule has 7 heteroatoms. The predicted octanol–water partition coefficient (Wildman–Crippen LogP) is 2.88. The van der Waals surface area contributed by atoms with Crippen molar-refractivity contribution in [2.45, 2.75) is 44.6 Å². The van der Waals surface area contributed by atoms with Gasteiger partial charge < -0.3 is 13.8 Å². The zero-order valence-electron chi connectivity index (χ0n) is 14.1. The number of aromatic nitrogens is 4. The number of aryl methyl sites for hydroxylation is 1. The molecule has 0 bridgehead atoms. The largest absolute Gasteiger partial charge is 0.339 e. The molecule has 7 nitrogen and oxygen atoms in total. The van der Waals surface area contributed by atoms with Crippen molar-refractivity contribution in [2.24, 2.45) is 0 Å². The summed E-state index contributed by atoms with van der Waals surface area (Å²) in [6.45, 7) is 2.70. The van der Waals surface area contributed by atoms with Gasteiger partial charge in [0.2, 0.25) is 5.89 Å². The minimum atomic E-state index is -0.116. The SMILES string of the molecule is Cc1cccc2nc(C(=O)N3CCC[C@H]3c3noc(C4CC4)n3)cn12. The van der Waals surface area contributed by atoms with Crippen molar-refractivity contribution in [1.82, 2.24) is 24.4 Å². The molecular weight excluding hydrogens is 318 g/mol. The Bertz CT molecular complexity index is 955. The highest BCUT2D eigenvalue weighted by atomic mass is 16.5. The van der Waals surface area contributed by atoms with Gasteiger partial charge in [-0.25, -0.2) is 4.98 Å². The summed E-state index contributed by atoms with van der Waals surface area (Å²) >= 11 is 0. The van der Waals surface area contributed by atoms with Crippen LogP contribution in [0.2, 0.25) is 0 Å². The maximum absolute atomic E-state index is 13.0. The first kappa shape index (κ1) is 14.6. The molecule has 0 unspecified atom stereocenters. The molecule has 1 saturated heterocycles. The van der Waals surface area contributed by atoms with Crippen molar-refractivity contribution < 1.29 is 9.32 Å². The van der Waals surface area contributed by atoms with E-state index in [0.717, 1.165) is 42.9 Å². The third-order valence-corrected chi connectivity index (χ3v) is 5.11. The van der Waals surface area contributed by atoms with Crippen LogP contribution in [-0.4, -0.2) is 36.9 Å². The van der Waals surface area contributed by atoms with Crippen molar-refractivity contribution in [3.05, 3.63) is 47.5 Å². The number of fused-ring (bicyclic) bond motifs is 1. The van der Waals surface area contributed by atoms with E-state index in [-0.39, 0.29) is 11.9 Å². The van der Waals surface area contributed by atoms with Crippen LogP contribution in [-0.2, 0) is 0 Å². The summed E-state index contributed by atoms with van der Waals surface area (Å²) in [5.74, 6) is 1.71. The van der Waals surface area contributed by atoms with Gasteiger partial charge in [0.1, 0.15) is 11.3 Å². The summed E-state index contributed by atoms with van der Waals surface area (Å²) < 4.78 is 7.32. The van der Waals surface area contributed by atoms with E-state index in [0.29, 0.717) is 24.0 Å². The van der Waals surface area contributed by atoms with Crippen LogP contribution < -0.4 is 0 Å². The number of pyridine rings is 1. The molecule has 5 rings (SSSR count). The van der Waals surface area contributed by atoms with Gasteiger partial charge in [-0.2, -0.15) is 4.98 Å². The lowest BCUT2D eigenvalue weighted by Crippen LogP contribution is -2.31. The summed E-state index contributed by atoms with van der Waals surface area (Å²) in [5.41, 5.74) is 2.30. The third-order valence-electron chi connectivity index (χ3n) is 5.11. The molecule has 3 aromatic heterocycles. The summed E-state index contributed by atoms with van der Waals surface area (Å²) in [4.78, 5) is 23.9. The van der Waals surface area contributed by atoms with Gasteiger partial charge in [0.25, 0.3) is 5.91 Å². The minimum Gasteiger partial charge on any atom is -0.339 e. The van der Waals surface area contributed by atoms with Crippen LogP contribution in [0.3, 0.4) is 0 Å². The highest BCUT2D eigenvalue weighted by molar-refractivity contribution is 5.93. The number of carbonyl (C=O) groups excluding carboxylic acids is 1. The predicted molar refractivity (Wildman–Crippen MR) is 89.2 cm³/mol. The number of amides is 1. The molecule has 1 aliphatic carbocycles. The Labute approximate surface area is 144 Å². The van der Waals surface area contributed by atoms with Crippen molar-refractivity contribution in [3.63, 3.8) is 0 Å². The fourth-order valence-electron chi connectivity index (χ4n) is 3.56. The van der Waals surface area contributed by atoms with E-state index < -0.39 is 0 Å². The summed E-state index contributed by atoms with van der Waals surface area (Å²) in [6.07, 6.45) is 5.86. The molecule has 0 spiro atoms. The molecule has 2 fully saturated rings. The highest BCUT2D eigenvalue weighted by Crippen LogP contribution is 2.40. The van der Waals surface area contributed by atoms with Crippen LogP contribution in [0.4, 0.5) is 0 Å². The standard InChI is InChI=1S/C18H19N5O2/c1-11-4-2-6-15-19-13(10-23(11)15)18(24)22-9-3-5-14(22)16-20-17(25-21-16)12-7-8-12/h2,4,6,10,12,14H,3,5,7-9H2,1H3/t14-/m0/s1. The van der Waals surface area contributed by atoms with E-state index >= 15 is 0 Å². The second kappa shape index (κ2) is 5.40. The molecule has 0 N–H and O–H groups in total. The van der Waals surface area contributed by atoms with Gasteiger partial charge >= 0.3 is 0 Å². The van der Waals surface area contributed by atoms with Crippen LogP contribution in [0, 0.1) is 6.92 Å². The maximum atomic E-state index is 13.0. The topological polar surface area (TPSA) is 76.5 Å². The first-order valence-electron chi connectivity index (χ1n) is 8.80. The number of likely N-dealkylation sites (tertiary alicyclic amines) is 1. The highest BCUT2D eigenvalue weighted by Gasteiger charge is 2.37. The zero-order valence-corrected chi connectivity index (χ0v) is 14.1. The van der Waals surface area contributed by atoms with Gasteiger partial charge in [0.05, 0.1) is 6.04 Å². The molecule has 128 valence electrons. The molecule has 1 atom stereocenters. The van der Waals surface area contributed by atoms with Gasteiger partial charge in [0, 0.05) is 24.4 Å². The lowest BCUT2D eigenvalue weighted by molar-refractivity contribution is 0.0723. The number of hydrogen-bond acceptors (Lipinski definition) is 5. The van der Waals surface area contributed by atoms with E-state index in [1.807, 2.05) is 40.6 Å². The van der Waals surface area contributed by atoms with E-state index in [4.69, 9.17) is 4.52 Å². The summed E-state index contributed by atoms with van der Waals surface area (Å²) in [5, 5.41) is 4.14. The van der Waals surface area contributed by atoms with Gasteiger partial charge in [-0.15, -0.1) is 0 Å². The van der Waals surface area contributed by atoms with Gasteiger partial charge in [-0.3, -0.25) is 4.79 Å². The second-order valence-corrected chi connectivity index (χ2v) is 6.94. The normalized spacial score (nSPS) is 20.5. The van der Waals surface area contributed by atoms with E-state index in [1.54, 1.807) is 0 Å². The smallest absolute Gasteiger partial charge is 0.274 e. The van der Waals surface area contributed by atoms with Crippen LogP contribution in [0.15, 0.2) is 28.9 Å². The van der Waals surface area contributed by atoms with Crippen LogP contribution in [0.1, 0.15) is 65.5 Å². The second-order valence-electron chi connectivity index (χ2n) is 6.94. The molecule has 4 heterocycles. The molecule has 2 aliphatic rings. The average Bonchev–Trinajstić information content (AvgIpc) is 3.06. The van der Waals surface area contributed by atoms with E-state index in [2.05, 4.69) is 15.1 Å². The summed E-state index contributed by atoms with van der Waals surface area (Å²) in [7, 11) is 0. The molecule has 1 saturated carbocycles. The minimum absolute atomic E-state index is 0.0663. The van der Waals surface area contributed by atoms with Crippen LogP contribution in [0.5, 0.6) is 0 Å². The zero-order chi connectivity index (χ0) is 17.0. The van der Waals surface area contributed by atoms with Gasteiger partial charge in [-0.1, -0.05) is 11.2 Å². The Morgan fingerprint density at radius 1 is 1.24 bits per heavy atom. The molecule has 3 aromatic rings. The molecule has 1 amide bonds. The first-order valence-corrected chi connectivity index (χ1v) is 8.80. The van der Waals surface area contributed by atoms with E-state index in [9.17, 15) is 4.79 Å². The van der Waals surface area contributed by atoms with Crippen molar-refractivity contribution in [1.29, 1.82) is 0 Å². The molecular formula is C18H19N5O2. The van der Waals surface area contributed by atoms with Crippen molar-refractivity contribution in [2.75, 3.05) is 6.54 Å². The van der Waals surface area contributed by atoms with Gasteiger partial charge in [0.15, 0.2) is 5.82 Å². The maximum Gasteiger partial charge on any atom is 0.274 e. The Morgan fingerprint density at radius 2 is 2.12 bits per heavy atom. The number of imidazole rings is 1. The third kappa shape index (κ3) is 2.42. The Morgan fingerprint density at radius 3 is 2.92 bits per heavy atom. The number of rotatable bonds is 3. The first-order chi connectivity index (χ1) is 12.2. The monoisotopic (exact) mass is 337 g/mol. The number of nitrogens with zero attached hydrogens (tertiary/aromatic N) is 5. The quantitative estimate of drug-likeness (QED) is 0.734. The van der Waals surface area contributed by atoms with Gasteiger partial charge in [-0.05, 0) is 44.7 Å². The molecule has 1 aliphatic heterocycles. The van der Waals surface area contributed by atoms with Crippen LogP contribution in [0.25, 0.3) is 5.65 Å². The van der Waals surface area contributed by atoms with Crippen molar-refractivity contribution in [3.8, 4) is 0 Å². The average molecular weight is 337 g/mol. The number of carbonyl (C=O) groups is 1. The molecule has 0 aromatic carbocycles. The molecule has 25 heavy (non-hydrogen) atoms. The molecule has 0 radical (unpaired) electrons. The van der Waals surface area contributed by atoms with E-state index in [1.165, 1.54) is 0 Å². The lowest BCUT2D eigenvalue weighted by Gasteiger charge is -2.21.